The van der Waals surface area contributed by atoms with E-state index in [0.717, 1.165) is 44.1 Å². The quantitative estimate of drug-likeness (QED) is 0.203. The van der Waals surface area contributed by atoms with E-state index in [9.17, 15) is 19.6 Å². The van der Waals surface area contributed by atoms with E-state index in [1.54, 1.807) is 36.3 Å². The van der Waals surface area contributed by atoms with Crippen molar-refractivity contribution in [1.82, 2.24) is 9.55 Å². The molecule has 43 heavy (non-hydrogen) atoms. The second-order valence-electron chi connectivity index (χ2n) is 16.5. The molecule has 3 fully saturated rings. The Balaban J connectivity index is 1.73. The van der Waals surface area contributed by atoms with Crippen LogP contribution in [0.25, 0.3) is 0 Å². The number of rotatable bonds is 10. The smallest absolute Gasteiger partial charge is 0.240 e. The van der Waals surface area contributed by atoms with Gasteiger partial charge in [0.1, 0.15) is 18.5 Å². The Bertz CT molecular complexity index is 1360. The third kappa shape index (κ3) is 5.06. The summed E-state index contributed by atoms with van der Waals surface area (Å²) in [7, 11) is 0. The SMILES string of the molecule is CCC(C)(C)CC[C@@](C)(CCC(C)(C)[C@]1(C)CC[C@H]2C(C)(C)C(=O)[C@]3(C#N)O[C@@H]3[C@]2(C)/C1=C/C(C)=O)C(=O)n1ccnc1. The van der Waals surface area contributed by atoms with Gasteiger partial charge in [-0.1, -0.05) is 81.2 Å². The fraction of sp³-hybridized carbons (Fsp3) is 0.750. The Hall–Kier alpha value is -2.59. The van der Waals surface area contributed by atoms with E-state index in [4.69, 9.17) is 4.74 Å². The van der Waals surface area contributed by atoms with Gasteiger partial charge in [-0.05, 0) is 73.7 Å². The molecule has 0 bridgehead atoms. The fourth-order valence-corrected chi connectivity index (χ4v) is 8.63. The first-order valence-electron chi connectivity index (χ1n) is 16.1. The molecule has 0 N–H and O–H groups in total. The number of carbonyl (C=O) groups excluding carboxylic acids is 3. The van der Waals surface area contributed by atoms with Crippen LogP contribution in [0.15, 0.2) is 30.4 Å². The van der Waals surface area contributed by atoms with Gasteiger partial charge in [-0.25, -0.2) is 4.98 Å². The second kappa shape index (κ2) is 10.5. The van der Waals surface area contributed by atoms with Crippen LogP contribution in [-0.2, 0) is 14.3 Å². The highest BCUT2D eigenvalue weighted by molar-refractivity contribution is 6.00. The van der Waals surface area contributed by atoms with E-state index < -0.39 is 33.4 Å². The molecule has 1 aromatic rings. The van der Waals surface area contributed by atoms with Gasteiger partial charge in [-0.2, -0.15) is 5.26 Å². The minimum atomic E-state index is -1.45. The molecular formula is C36H53N3O4. The maximum absolute atomic E-state index is 14.0. The number of fused-ring (bicyclic) bond motifs is 3. The lowest BCUT2D eigenvalue weighted by molar-refractivity contribution is -0.142. The molecule has 236 valence electrons. The van der Waals surface area contributed by atoms with Crippen LogP contribution in [0.3, 0.4) is 0 Å². The highest BCUT2D eigenvalue weighted by Crippen LogP contribution is 2.73. The minimum Gasteiger partial charge on any atom is -0.342 e. The zero-order valence-electron chi connectivity index (χ0n) is 28.4. The lowest BCUT2D eigenvalue weighted by Gasteiger charge is -2.61. The topological polar surface area (TPSA) is 105 Å². The molecule has 6 atom stereocenters. The predicted molar refractivity (Wildman–Crippen MR) is 167 cm³/mol. The summed E-state index contributed by atoms with van der Waals surface area (Å²) in [6, 6.07) is 2.23. The molecule has 0 radical (unpaired) electrons. The van der Waals surface area contributed by atoms with Crippen LogP contribution in [0.1, 0.15) is 126 Å². The lowest BCUT2D eigenvalue weighted by Crippen LogP contribution is -2.62. The molecule has 1 aromatic heterocycles. The van der Waals surface area contributed by atoms with Crippen molar-refractivity contribution in [3.63, 3.8) is 0 Å². The second-order valence-corrected chi connectivity index (χ2v) is 16.5. The number of allylic oxidation sites excluding steroid dienone is 1. The molecule has 7 heteroatoms. The highest BCUT2D eigenvalue weighted by Gasteiger charge is 2.81. The summed E-state index contributed by atoms with van der Waals surface area (Å²) in [5.41, 5.74) is -3.07. The normalized spacial score (nSPS) is 34.1. The molecule has 2 heterocycles. The number of ketones is 2. The molecule has 2 aliphatic carbocycles. The van der Waals surface area contributed by atoms with Crippen molar-refractivity contribution in [1.29, 1.82) is 5.26 Å². The first-order valence-corrected chi connectivity index (χ1v) is 16.1. The molecule has 3 aliphatic rings. The number of carbonyl (C=O) groups is 3. The number of imidazole rings is 1. The Morgan fingerprint density at radius 2 is 1.74 bits per heavy atom. The van der Waals surface area contributed by atoms with Crippen molar-refractivity contribution in [2.45, 2.75) is 133 Å². The standard InChI is InChI=1S/C36H53N3O4/c1-12-30(3,4)15-17-33(9,29(42)39-20-19-38-23-39)18-16-31(5,6)34(10)14-13-25-32(7,8)27(41)36(22-37)28(43-36)35(25,11)26(34)21-24(2)40/h19-21,23,25,28H,12-18H2,1-11H3/b26-21+/t25-,28+,33-,34+,35-,36-/m0/s1. The molecule has 2 saturated carbocycles. The average Bonchev–Trinajstić information content (AvgIpc) is 3.46. The van der Waals surface area contributed by atoms with Crippen molar-refractivity contribution >= 4 is 17.5 Å². The van der Waals surface area contributed by atoms with Crippen LogP contribution in [0.4, 0.5) is 0 Å². The fourth-order valence-electron chi connectivity index (χ4n) is 8.63. The van der Waals surface area contributed by atoms with Gasteiger partial charge in [0, 0.05) is 28.6 Å². The molecule has 0 amide bonds. The summed E-state index contributed by atoms with van der Waals surface area (Å²) < 4.78 is 7.72. The number of hydrogen-bond acceptors (Lipinski definition) is 6. The van der Waals surface area contributed by atoms with E-state index in [2.05, 4.69) is 66.4 Å². The highest BCUT2D eigenvalue weighted by atomic mass is 16.6. The van der Waals surface area contributed by atoms with E-state index in [1.165, 1.54) is 0 Å². The average molecular weight is 592 g/mol. The Labute approximate surface area is 258 Å². The summed E-state index contributed by atoms with van der Waals surface area (Å²) in [4.78, 5) is 44.6. The summed E-state index contributed by atoms with van der Waals surface area (Å²) in [6.45, 7) is 23.2. The number of Topliss-reactive ketones (excluding diaryl/α,β-unsaturated/α-hetero) is 1. The third-order valence-corrected chi connectivity index (χ3v) is 12.7. The van der Waals surface area contributed by atoms with Crippen LogP contribution in [0.5, 0.6) is 0 Å². The zero-order chi connectivity index (χ0) is 32.4. The number of aromatic nitrogens is 2. The van der Waals surface area contributed by atoms with Crippen LogP contribution >= 0.6 is 0 Å². The van der Waals surface area contributed by atoms with E-state index in [0.29, 0.717) is 6.42 Å². The summed E-state index contributed by atoms with van der Waals surface area (Å²) in [6.07, 6.45) is 12.0. The maximum Gasteiger partial charge on any atom is 0.240 e. The van der Waals surface area contributed by atoms with Crippen LogP contribution in [0, 0.1) is 49.7 Å². The minimum absolute atomic E-state index is 0.0428. The molecule has 7 nitrogen and oxygen atoms in total. The number of hydrogen-bond donors (Lipinski definition) is 0. The first kappa shape index (κ1) is 33.3. The van der Waals surface area contributed by atoms with Crippen molar-refractivity contribution in [2.75, 3.05) is 0 Å². The molecular weight excluding hydrogens is 538 g/mol. The predicted octanol–water partition coefficient (Wildman–Crippen LogP) is 7.76. The Morgan fingerprint density at radius 3 is 2.28 bits per heavy atom. The molecule has 0 unspecified atom stereocenters. The van der Waals surface area contributed by atoms with E-state index in [-0.39, 0.29) is 34.2 Å². The summed E-state index contributed by atoms with van der Waals surface area (Å²) in [5.74, 6) is -0.173. The summed E-state index contributed by atoms with van der Waals surface area (Å²) in [5, 5.41) is 10.2. The largest absolute Gasteiger partial charge is 0.342 e. The number of epoxide rings is 1. The number of nitrogens with zero attached hydrogens (tertiary/aromatic N) is 3. The van der Waals surface area contributed by atoms with Crippen LogP contribution in [0.2, 0.25) is 0 Å². The van der Waals surface area contributed by atoms with Gasteiger partial charge in [0.05, 0.1) is 0 Å². The van der Waals surface area contributed by atoms with Gasteiger partial charge in [-0.15, -0.1) is 0 Å². The van der Waals surface area contributed by atoms with Gasteiger partial charge >= 0.3 is 0 Å². The van der Waals surface area contributed by atoms with Gasteiger partial charge in [-0.3, -0.25) is 19.0 Å². The molecule has 0 aromatic carbocycles. The number of ether oxygens (including phenoxy) is 1. The van der Waals surface area contributed by atoms with E-state index >= 15 is 0 Å². The van der Waals surface area contributed by atoms with Crippen molar-refractivity contribution in [3.05, 3.63) is 30.4 Å². The number of nitriles is 1. The first-order chi connectivity index (χ1) is 19.7. The van der Waals surface area contributed by atoms with Gasteiger partial charge in [0.25, 0.3) is 0 Å². The Kier molecular flexibility index (Phi) is 8.13. The molecule has 4 rings (SSSR count). The van der Waals surface area contributed by atoms with Gasteiger partial charge in [0.15, 0.2) is 11.6 Å². The van der Waals surface area contributed by atoms with Crippen LogP contribution in [-0.4, -0.2) is 38.7 Å². The zero-order valence-corrected chi connectivity index (χ0v) is 28.4. The van der Waals surface area contributed by atoms with Crippen molar-refractivity contribution < 1.29 is 19.1 Å². The van der Waals surface area contributed by atoms with E-state index in [1.807, 2.05) is 13.8 Å². The molecule has 1 aliphatic heterocycles. The monoisotopic (exact) mass is 591 g/mol. The summed E-state index contributed by atoms with van der Waals surface area (Å²) >= 11 is 0. The Morgan fingerprint density at radius 1 is 1.12 bits per heavy atom. The lowest BCUT2D eigenvalue weighted by atomic mass is 9.40. The van der Waals surface area contributed by atoms with Crippen LogP contribution < -0.4 is 0 Å². The molecule has 1 saturated heterocycles. The van der Waals surface area contributed by atoms with Gasteiger partial charge in [0.2, 0.25) is 11.5 Å². The van der Waals surface area contributed by atoms with Crippen molar-refractivity contribution in [2.24, 2.45) is 38.4 Å². The van der Waals surface area contributed by atoms with Gasteiger partial charge < -0.3 is 4.74 Å². The maximum atomic E-state index is 14.0. The third-order valence-electron chi connectivity index (χ3n) is 12.7. The molecule has 0 spiro atoms. The van der Waals surface area contributed by atoms with Crippen molar-refractivity contribution in [3.8, 4) is 6.07 Å².